The molecule has 10 nitrogen and oxygen atoms in total. The highest BCUT2D eigenvalue weighted by Gasteiger charge is 2.48. The molecular weight excluding hydrogens is 797 g/mol. The molecule has 15 heteroatoms. The molecule has 306 valence electrons. The highest BCUT2D eigenvalue weighted by Crippen LogP contribution is 2.47. The minimum atomic E-state index is -1.39. The van der Waals surface area contributed by atoms with E-state index < -0.39 is 44.7 Å². The predicted octanol–water partition coefficient (Wildman–Crippen LogP) is 7.52. The van der Waals surface area contributed by atoms with E-state index in [0.29, 0.717) is 60.1 Å². The van der Waals surface area contributed by atoms with Gasteiger partial charge in [0, 0.05) is 60.9 Å². The number of piperidine rings is 1. The number of likely N-dealkylation sites (N-methyl/N-ethyl adjacent to an activating group) is 2. The van der Waals surface area contributed by atoms with Crippen molar-refractivity contribution in [2.24, 2.45) is 0 Å². The van der Waals surface area contributed by atoms with E-state index in [-0.39, 0.29) is 49.0 Å². The Kier molecular flexibility index (Phi) is 14.1. The maximum absolute atomic E-state index is 15.2. The van der Waals surface area contributed by atoms with E-state index in [2.05, 4.69) is 16.3 Å². The molecule has 2 heterocycles. The van der Waals surface area contributed by atoms with Crippen LogP contribution in [0, 0.1) is 11.6 Å². The van der Waals surface area contributed by atoms with Crippen molar-refractivity contribution in [2.45, 2.75) is 41.8 Å². The number of urea groups is 1. The molecule has 4 aromatic rings. The number of halogens is 4. The number of nitrogens with zero attached hydrogens (tertiary/aromatic N) is 3. The topological polar surface area (TPSA) is 101 Å². The van der Waals surface area contributed by atoms with Crippen LogP contribution in [-0.2, 0) is 33.4 Å². The zero-order chi connectivity index (χ0) is 40.2. The largest absolute Gasteiger partial charge is 0.493 e. The van der Waals surface area contributed by atoms with Crippen molar-refractivity contribution in [2.75, 3.05) is 61.6 Å². The predicted molar refractivity (Wildman–Crippen MR) is 220 cm³/mol. The lowest BCUT2D eigenvalue weighted by Crippen LogP contribution is -2.58. The van der Waals surface area contributed by atoms with Crippen LogP contribution < -0.4 is 19.5 Å². The number of amides is 3. The van der Waals surface area contributed by atoms with E-state index in [1.165, 1.54) is 49.3 Å². The highest BCUT2D eigenvalue weighted by molar-refractivity contribution is 7.85. The minimum absolute atomic E-state index is 0. The Hall–Kier alpha value is -4.43. The molecule has 2 atom stereocenters. The second-order valence-electron chi connectivity index (χ2n) is 14.3. The fourth-order valence-corrected chi connectivity index (χ4v) is 10.1. The molecule has 0 bridgehead atoms. The van der Waals surface area contributed by atoms with Gasteiger partial charge in [0.2, 0.25) is 5.75 Å². The number of carbonyl (C=O) groups excluding carboxylic acids is 2. The first kappa shape index (κ1) is 43.7. The Bertz CT molecular complexity index is 2100. The third-order valence-corrected chi connectivity index (χ3v) is 13.7. The van der Waals surface area contributed by atoms with Gasteiger partial charge in [-0.15, -0.1) is 12.4 Å². The third-order valence-electron chi connectivity index (χ3n) is 11.3. The van der Waals surface area contributed by atoms with Gasteiger partial charge in [-0.2, -0.15) is 0 Å². The molecule has 2 aliphatic rings. The summed E-state index contributed by atoms with van der Waals surface area (Å²) >= 11 is 6.41. The van der Waals surface area contributed by atoms with Gasteiger partial charge < -0.3 is 34.2 Å². The van der Waals surface area contributed by atoms with E-state index in [0.717, 1.165) is 23.3 Å². The van der Waals surface area contributed by atoms with Gasteiger partial charge >= 0.3 is 6.03 Å². The average molecular weight is 846 g/mol. The monoisotopic (exact) mass is 844 g/mol. The molecule has 3 amide bonds. The van der Waals surface area contributed by atoms with Crippen LogP contribution in [0.2, 0.25) is 5.02 Å². The van der Waals surface area contributed by atoms with Crippen LogP contribution >= 0.6 is 24.0 Å². The van der Waals surface area contributed by atoms with Gasteiger partial charge in [0.25, 0.3) is 5.91 Å². The average Bonchev–Trinajstić information content (AvgIpc) is 3.48. The Morgan fingerprint density at radius 1 is 0.912 bits per heavy atom. The Balaban J connectivity index is 0.00000620. The molecule has 1 fully saturated rings. The molecular formula is C42H48Cl2F2N4O6S. The van der Waals surface area contributed by atoms with Gasteiger partial charge in [-0.1, -0.05) is 60.1 Å². The maximum atomic E-state index is 15.2. The molecule has 6 rings (SSSR count). The smallest absolute Gasteiger partial charge is 0.318 e. The molecule has 2 unspecified atom stereocenters. The molecule has 0 aromatic heterocycles. The number of rotatable bonds is 13. The molecule has 1 N–H and O–H groups in total. The van der Waals surface area contributed by atoms with Gasteiger partial charge in [-0.05, 0) is 84.9 Å². The number of hydrogen-bond donors (Lipinski definition) is 1. The summed E-state index contributed by atoms with van der Waals surface area (Å²) in [4.78, 5) is 33.7. The molecule has 0 radical (unpaired) electrons. The molecule has 57 heavy (non-hydrogen) atoms. The second-order valence-corrected chi connectivity index (χ2v) is 16.4. The van der Waals surface area contributed by atoms with Crippen LogP contribution in [0.4, 0.5) is 13.6 Å². The fraction of sp³-hybridized carbons (Fsp3) is 0.381. The van der Waals surface area contributed by atoms with Crippen molar-refractivity contribution in [3.63, 3.8) is 0 Å². The summed E-state index contributed by atoms with van der Waals surface area (Å²) in [5, 5.41) is 3.42. The third kappa shape index (κ3) is 8.72. The van der Waals surface area contributed by atoms with Gasteiger partial charge in [-0.3, -0.25) is 9.00 Å². The van der Waals surface area contributed by atoms with E-state index >= 15 is 4.39 Å². The van der Waals surface area contributed by atoms with Crippen molar-refractivity contribution in [1.29, 1.82) is 0 Å². The quantitative estimate of drug-likeness (QED) is 0.149. The number of benzene rings is 4. The Morgan fingerprint density at radius 2 is 1.56 bits per heavy atom. The zero-order valence-corrected chi connectivity index (χ0v) is 35.0. The van der Waals surface area contributed by atoms with Crippen LogP contribution in [0.25, 0.3) is 0 Å². The van der Waals surface area contributed by atoms with E-state index in [1.54, 1.807) is 32.3 Å². The van der Waals surface area contributed by atoms with Crippen LogP contribution in [0.5, 0.6) is 17.2 Å². The fourth-order valence-electron chi connectivity index (χ4n) is 8.05. The molecule has 1 saturated heterocycles. The Morgan fingerprint density at radius 3 is 2.19 bits per heavy atom. The number of likely N-dealkylation sites (tertiary alicyclic amines) is 1. The first-order chi connectivity index (χ1) is 26.9. The van der Waals surface area contributed by atoms with Crippen molar-refractivity contribution >= 4 is 46.7 Å². The molecule has 1 spiro atoms. The van der Waals surface area contributed by atoms with E-state index in [1.807, 2.05) is 24.3 Å². The summed E-state index contributed by atoms with van der Waals surface area (Å²) in [6, 6.07) is 21.4. The molecule has 0 saturated carbocycles. The Labute approximate surface area is 346 Å². The van der Waals surface area contributed by atoms with Gasteiger partial charge in [0.1, 0.15) is 0 Å². The summed E-state index contributed by atoms with van der Waals surface area (Å²) in [7, 11) is 6.49. The first-order valence-corrected chi connectivity index (χ1v) is 20.0. The van der Waals surface area contributed by atoms with Crippen LogP contribution in [0.1, 0.15) is 51.9 Å². The SMILES string of the molecule is COc1cc(C(=O)N(C)CC(CCN2CCC3(CC2)c2ccccc2CS3=O)(c2ccc(F)c(F)c2)N(C)C(=O)NCc2ccccc2Cl)cc(OC)c1OC.Cl. The normalized spacial score (nSPS) is 16.8. The maximum Gasteiger partial charge on any atom is 0.318 e. The summed E-state index contributed by atoms with van der Waals surface area (Å²) in [5.74, 6) is -1.16. The number of ether oxygens (including phenoxy) is 3. The van der Waals surface area contributed by atoms with Crippen LogP contribution in [0.15, 0.2) is 78.9 Å². The van der Waals surface area contributed by atoms with Crippen LogP contribution in [-0.4, -0.2) is 92.5 Å². The van der Waals surface area contributed by atoms with Crippen molar-refractivity contribution in [3.8, 4) is 17.2 Å². The first-order valence-electron chi connectivity index (χ1n) is 18.3. The minimum Gasteiger partial charge on any atom is -0.493 e. The highest BCUT2D eigenvalue weighted by atomic mass is 35.5. The number of hydrogen-bond acceptors (Lipinski definition) is 7. The molecule has 2 aliphatic heterocycles. The molecule has 4 aromatic carbocycles. The summed E-state index contributed by atoms with van der Waals surface area (Å²) < 4.78 is 59.4. The number of carbonyl (C=O) groups is 2. The summed E-state index contributed by atoms with van der Waals surface area (Å²) in [5.41, 5.74) is 2.10. The number of methoxy groups -OCH3 is 3. The summed E-state index contributed by atoms with van der Waals surface area (Å²) in [6.45, 7) is 1.69. The lowest BCUT2D eigenvalue weighted by Gasteiger charge is -2.46. The van der Waals surface area contributed by atoms with Gasteiger partial charge in [-0.25, -0.2) is 13.6 Å². The number of fused-ring (bicyclic) bond motifs is 2. The molecule has 0 aliphatic carbocycles. The van der Waals surface area contributed by atoms with E-state index in [9.17, 15) is 18.2 Å². The van der Waals surface area contributed by atoms with E-state index in [4.69, 9.17) is 25.8 Å². The standard InChI is InChI=1S/C42H47ClF2N4O6S.ClH/c1-47(39(50)30-22-36(53-3)38(55-5)37(23-30)54-4)27-41(31-14-15-34(44)35(45)24-31,48(2)40(51)46-25-28-10-7-9-13-33(28)43)16-19-49-20-17-42(18-21-49)32-12-8-6-11-29(32)26-56(42)52;/h6-15,22-24H,16-21,25-27H2,1-5H3,(H,46,51);1H. The number of nitrogens with one attached hydrogen (secondary N) is 1. The zero-order valence-electron chi connectivity index (χ0n) is 32.6. The van der Waals surface area contributed by atoms with Gasteiger partial charge in [0.15, 0.2) is 23.1 Å². The van der Waals surface area contributed by atoms with Crippen molar-refractivity contribution < 1.29 is 36.8 Å². The van der Waals surface area contributed by atoms with Crippen molar-refractivity contribution in [1.82, 2.24) is 20.0 Å². The van der Waals surface area contributed by atoms with Crippen LogP contribution in [0.3, 0.4) is 0 Å². The van der Waals surface area contributed by atoms with Crippen molar-refractivity contribution in [3.05, 3.63) is 123 Å². The lowest BCUT2D eigenvalue weighted by molar-refractivity contribution is 0.0536. The van der Waals surface area contributed by atoms with Gasteiger partial charge in [0.05, 0.1) is 31.6 Å². The second kappa shape index (κ2) is 18.4. The lowest BCUT2D eigenvalue weighted by atomic mass is 9.82. The summed E-state index contributed by atoms with van der Waals surface area (Å²) in [6.07, 6.45) is 1.60.